The van der Waals surface area contributed by atoms with E-state index in [-0.39, 0.29) is 17.7 Å². The maximum atomic E-state index is 12.0. The van der Waals surface area contributed by atoms with Crippen molar-refractivity contribution in [2.45, 2.75) is 70.4 Å². The summed E-state index contributed by atoms with van der Waals surface area (Å²) in [5.74, 6) is 1.74. The van der Waals surface area contributed by atoms with Crippen molar-refractivity contribution < 1.29 is 9.53 Å². The minimum atomic E-state index is -0.291. The number of nitrogens with one attached hydrogen (secondary N) is 3. The summed E-state index contributed by atoms with van der Waals surface area (Å²) in [6.07, 6.45) is 6.13. The zero-order valence-electron chi connectivity index (χ0n) is 16.0. The number of amides is 1. The van der Waals surface area contributed by atoms with Gasteiger partial charge in [0.05, 0.1) is 17.6 Å². The summed E-state index contributed by atoms with van der Waals surface area (Å²) < 4.78 is 5.59. The molecular weight excluding hydrogens is 344 g/mol. The highest BCUT2D eigenvalue weighted by Gasteiger charge is 2.40. The zero-order chi connectivity index (χ0) is 19.0. The Kier molecular flexibility index (Phi) is 4.49. The summed E-state index contributed by atoms with van der Waals surface area (Å²) in [6.45, 7) is 5.88. The van der Waals surface area contributed by atoms with Gasteiger partial charge in [-0.1, -0.05) is 0 Å². The summed E-state index contributed by atoms with van der Waals surface area (Å²) in [4.78, 5) is 20.8. The fraction of sp³-hybridized carbons (Fsp3) is 0.579. The Bertz CT molecular complexity index is 844. The molecule has 2 aromatic heterocycles. The first-order valence-electron chi connectivity index (χ1n) is 9.51. The number of aryl methyl sites for hydroxylation is 2. The summed E-state index contributed by atoms with van der Waals surface area (Å²) in [6, 6.07) is 2.00. The predicted molar refractivity (Wildman–Crippen MR) is 101 cm³/mol. The van der Waals surface area contributed by atoms with E-state index in [4.69, 9.17) is 4.74 Å². The molecule has 2 aliphatic rings. The third-order valence-electron chi connectivity index (χ3n) is 5.41. The van der Waals surface area contributed by atoms with E-state index in [1.807, 2.05) is 26.8 Å². The second-order valence-corrected chi connectivity index (χ2v) is 8.00. The first kappa shape index (κ1) is 17.8. The third-order valence-corrected chi connectivity index (χ3v) is 5.41. The van der Waals surface area contributed by atoms with E-state index in [0.29, 0.717) is 11.7 Å². The number of hydrogen-bond donors (Lipinski definition) is 3. The summed E-state index contributed by atoms with van der Waals surface area (Å²) >= 11 is 0. The number of nitrogens with zero attached hydrogens (tertiary/aromatic N) is 3. The Morgan fingerprint density at radius 1 is 1.33 bits per heavy atom. The first-order valence-corrected chi connectivity index (χ1v) is 9.51. The molecular formula is C19H26N6O2. The molecule has 0 saturated heterocycles. The lowest BCUT2D eigenvalue weighted by atomic mass is 10.0. The van der Waals surface area contributed by atoms with Gasteiger partial charge in [0.25, 0.3) is 0 Å². The number of H-pyrrole nitrogens is 1. The maximum absolute atomic E-state index is 12.0. The van der Waals surface area contributed by atoms with Gasteiger partial charge in [-0.25, -0.2) is 9.78 Å². The van der Waals surface area contributed by atoms with Crippen molar-refractivity contribution >= 4 is 17.7 Å². The van der Waals surface area contributed by atoms with Crippen LogP contribution in [0.1, 0.15) is 62.0 Å². The molecule has 0 aliphatic heterocycles. The average molecular weight is 370 g/mol. The fourth-order valence-corrected chi connectivity index (χ4v) is 3.52. The SMILES string of the molecule is Cc1cnc(Nc2cc(C3CCC(OC(=O)NC4(C)CC4)C3)[nH]n2)c(C)n1. The molecule has 0 aromatic carbocycles. The molecule has 8 nitrogen and oxygen atoms in total. The van der Waals surface area contributed by atoms with Gasteiger partial charge in [0, 0.05) is 23.2 Å². The molecule has 2 fully saturated rings. The van der Waals surface area contributed by atoms with Crippen LogP contribution < -0.4 is 10.6 Å². The molecule has 0 bridgehead atoms. The van der Waals surface area contributed by atoms with Gasteiger partial charge >= 0.3 is 6.09 Å². The van der Waals surface area contributed by atoms with Gasteiger partial charge < -0.3 is 15.4 Å². The van der Waals surface area contributed by atoms with Crippen LogP contribution in [-0.2, 0) is 4.74 Å². The number of alkyl carbamates (subject to hydrolysis) is 1. The zero-order valence-corrected chi connectivity index (χ0v) is 16.0. The highest BCUT2D eigenvalue weighted by atomic mass is 16.6. The molecule has 2 aliphatic carbocycles. The number of carbonyl (C=O) groups excluding carboxylic acids is 1. The molecule has 2 aromatic rings. The Morgan fingerprint density at radius 2 is 2.15 bits per heavy atom. The minimum Gasteiger partial charge on any atom is -0.446 e. The van der Waals surface area contributed by atoms with Crippen molar-refractivity contribution in [3.05, 3.63) is 29.3 Å². The standard InChI is InChI=1S/C19H26N6O2/c1-11-10-20-17(12(2)21-11)22-16-9-15(24-25-16)13-4-5-14(8-13)27-18(26)23-19(3)6-7-19/h9-10,13-14H,4-8H2,1-3H3,(H,23,26)(H2,20,22,24,25). The normalized spacial score (nSPS) is 23.1. The lowest BCUT2D eigenvalue weighted by Crippen LogP contribution is -2.36. The second-order valence-electron chi connectivity index (χ2n) is 8.00. The molecule has 4 rings (SSSR count). The van der Waals surface area contributed by atoms with Crippen LogP contribution in [0.25, 0.3) is 0 Å². The molecule has 2 heterocycles. The van der Waals surface area contributed by atoms with Crippen LogP contribution in [0.3, 0.4) is 0 Å². The van der Waals surface area contributed by atoms with Crippen LogP contribution in [0.4, 0.5) is 16.4 Å². The molecule has 8 heteroatoms. The molecule has 0 spiro atoms. The van der Waals surface area contributed by atoms with Crippen molar-refractivity contribution in [3.63, 3.8) is 0 Å². The summed E-state index contributed by atoms with van der Waals surface area (Å²) in [5, 5.41) is 13.6. The summed E-state index contributed by atoms with van der Waals surface area (Å²) in [7, 11) is 0. The number of aromatic nitrogens is 4. The van der Waals surface area contributed by atoms with Gasteiger partial charge in [-0.15, -0.1) is 0 Å². The van der Waals surface area contributed by atoms with E-state index in [0.717, 1.165) is 55.0 Å². The fourth-order valence-electron chi connectivity index (χ4n) is 3.52. The van der Waals surface area contributed by atoms with Gasteiger partial charge in [-0.2, -0.15) is 5.10 Å². The molecule has 1 amide bonds. The second kappa shape index (κ2) is 6.83. The van der Waals surface area contributed by atoms with Gasteiger partial charge in [-0.3, -0.25) is 10.1 Å². The molecule has 2 unspecified atom stereocenters. The monoisotopic (exact) mass is 370 g/mol. The van der Waals surface area contributed by atoms with Crippen LogP contribution in [0, 0.1) is 13.8 Å². The molecule has 3 N–H and O–H groups in total. The van der Waals surface area contributed by atoms with E-state index >= 15 is 0 Å². The quantitative estimate of drug-likeness (QED) is 0.744. The Balaban J connectivity index is 1.33. The van der Waals surface area contributed by atoms with Crippen molar-refractivity contribution in [3.8, 4) is 0 Å². The largest absolute Gasteiger partial charge is 0.446 e. The predicted octanol–water partition coefficient (Wildman–Crippen LogP) is 3.47. The number of hydrogen-bond acceptors (Lipinski definition) is 6. The van der Waals surface area contributed by atoms with Gasteiger partial charge in [-0.05, 0) is 52.9 Å². The highest BCUT2D eigenvalue weighted by molar-refractivity contribution is 5.69. The number of anilines is 2. The van der Waals surface area contributed by atoms with Crippen molar-refractivity contribution in [1.82, 2.24) is 25.5 Å². The lowest BCUT2D eigenvalue weighted by molar-refractivity contribution is 0.0967. The molecule has 27 heavy (non-hydrogen) atoms. The van der Waals surface area contributed by atoms with Crippen molar-refractivity contribution in [1.29, 1.82) is 0 Å². The van der Waals surface area contributed by atoms with E-state index < -0.39 is 0 Å². The van der Waals surface area contributed by atoms with Gasteiger partial charge in [0.1, 0.15) is 6.10 Å². The molecule has 2 saturated carbocycles. The number of rotatable bonds is 5. The van der Waals surface area contributed by atoms with E-state index in [9.17, 15) is 4.79 Å². The summed E-state index contributed by atoms with van der Waals surface area (Å²) in [5.41, 5.74) is 2.73. The Hall–Kier alpha value is -2.64. The topological polar surface area (TPSA) is 105 Å². The smallest absolute Gasteiger partial charge is 0.407 e. The number of ether oxygens (including phenoxy) is 1. The van der Waals surface area contributed by atoms with Crippen LogP contribution >= 0.6 is 0 Å². The highest BCUT2D eigenvalue weighted by Crippen LogP contribution is 2.37. The first-order chi connectivity index (χ1) is 12.9. The molecule has 144 valence electrons. The van der Waals surface area contributed by atoms with Gasteiger partial charge in [0.15, 0.2) is 11.6 Å². The Labute approximate surface area is 158 Å². The van der Waals surface area contributed by atoms with Crippen LogP contribution in [0.2, 0.25) is 0 Å². The number of carbonyl (C=O) groups is 1. The van der Waals surface area contributed by atoms with Crippen LogP contribution in [-0.4, -0.2) is 37.9 Å². The third kappa shape index (κ3) is 4.20. The van der Waals surface area contributed by atoms with E-state index in [2.05, 4.69) is 30.8 Å². The van der Waals surface area contributed by atoms with E-state index in [1.54, 1.807) is 6.20 Å². The minimum absolute atomic E-state index is 0.0396. The average Bonchev–Trinajstić information content (AvgIpc) is 3.01. The van der Waals surface area contributed by atoms with Crippen molar-refractivity contribution in [2.75, 3.05) is 5.32 Å². The molecule has 0 radical (unpaired) electrons. The number of aromatic amines is 1. The van der Waals surface area contributed by atoms with Crippen LogP contribution in [0.5, 0.6) is 0 Å². The van der Waals surface area contributed by atoms with Gasteiger partial charge in [0.2, 0.25) is 0 Å². The van der Waals surface area contributed by atoms with Crippen LogP contribution in [0.15, 0.2) is 12.3 Å². The maximum Gasteiger partial charge on any atom is 0.407 e. The Morgan fingerprint density at radius 3 is 2.89 bits per heavy atom. The van der Waals surface area contributed by atoms with Crippen molar-refractivity contribution in [2.24, 2.45) is 0 Å². The lowest BCUT2D eigenvalue weighted by Gasteiger charge is -2.16. The van der Waals surface area contributed by atoms with E-state index in [1.165, 1.54) is 0 Å². The molecule has 2 atom stereocenters.